The summed E-state index contributed by atoms with van der Waals surface area (Å²) in [6, 6.07) is 13.1. The Kier molecular flexibility index (Phi) is 4.97. The van der Waals surface area contributed by atoms with Gasteiger partial charge in [-0.1, -0.05) is 30.3 Å². The molecule has 1 amide bonds. The maximum Gasteiger partial charge on any atom is 0.263 e. The zero-order valence-corrected chi connectivity index (χ0v) is 14.9. The number of rotatable bonds is 4. The van der Waals surface area contributed by atoms with E-state index in [1.165, 1.54) is 12.1 Å². The number of carbonyl (C=O) groups excluding carboxylic acids is 1. The number of alkyl halides is 2. The standard InChI is InChI=1S/C21H17F2N3O2/c22-20(23)15-4-2-14(3-5-15)16-6-7-18-17(12-16)21(27)26(10-11-28-18)13-19-24-8-1-9-25-19/h1-9,12,20H,10-11,13H2. The third-order valence-corrected chi connectivity index (χ3v) is 4.56. The Morgan fingerprint density at radius 2 is 1.75 bits per heavy atom. The highest BCUT2D eigenvalue weighted by atomic mass is 19.3. The lowest BCUT2D eigenvalue weighted by atomic mass is 10.0. The molecular formula is C21H17F2N3O2. The first kappa shape index (κ1) is 18.0. The van der Waals surface area contributed by atoms with Crippen LogP contribution in [0.1, 0.15) is 28.2 Å². The molecule has 0 aliphatic carbocycles. The van der Waals surface area contributed by atoms with E-state index in [1.807, 2.05) is 6.07 Å². The van der Waals surface area contributed by atoms with Crippen molar-refractivity contribution in [2.24, 2.45) is 0 Å². The lowest BCUT2D eigenvalue weighted by Crippen LogP contribution is -2.32. The van der Waals surface area contributed by atoms with E-state index >= 15 is 0 Å². The maximum atomic E-state index is 13.1. The Hall–Kier alpha value is -3.35. The van der Waals surface area contributed by atoms with Crippen molar-refractivity contribution >= 4 is 5.91 Å². The Labute approximate surface area is 160 Å². The number of halogens is 2. The number of aromatic nitrogens is 2. The van der Waals surface area contributed by atoms with Gasteiger partial charge in [0.1, 0.15) is 18.2 Å². The molecule has 3 aromatic rings. The summed E-state index contributed by atoms with van der Waals surface area (Å²) >= 11 is 0. The molecule has 0 spiro atoms. The molecule has 5 nitrogen and oxygen atoms in total. The van der Waals surface area contributed by atoms with Crippen molar-refractivity contribution in [3.8, 4) is 16.9 Å². The quantitative estimate of drug-likeness (QED) is 0.682. The van der Waals surface area contributed by atoms with Crippen LogP contribution < -0.4 is 4.74 Å². The molecule has 1 aliphatic heterocycles. The number of ether oxygens (including phenoxy) is 1. The Bertz CT molecular complexity index is 979. The van der Waals surface area contributed by atoms with E-state index in [-0.39, 0.29) is 18.0 Å². The summed E-state index contributed by atoms with van der Waals surface area (Å²) in [4.78, 5) is 23.1. The van der Waals surface area contributed by atoms with Crippen LogP contribution in [0.2, 0.25) is 0 Å². The third kappa shape index (κ3) is 3.69. The zero-order chi connectivity index (χ0) is 19.5. The van der Waals surface area contributed by atoms with E-state index in [2.05, 4.69) is 9.97 Å². The molecule has 1 aliphatic rings. The van der Waals surface area contributed by atoms with Gasteiger partial charge in [0, 0.05) is 18.0 Å². The van der Waals surface area contributed by atoms with Crippen molar-refractivity contribution in [2.75, 3.05) is 13.2 Å². The van der Waals surface area contributed by atoms with Gasteiger partial charge in [0.05, 0.1) is 18.7 Å². The number of nitrogens with zero attached hydrogens (tertiary/aromatic N) is 3. The molecule has 7 heteroatoms. The van der Waals surface area contributed by atoms with Gasteiger partial charge in [-0.3, -0.25) is 4.79 Å². The molecule has 28 heavy (non-hydrogen) atoms. The molecule has 0 atom stereocenters. The van der Waals surface area contributed by atoms with Gasteiger partial charge in [-0.05, 0) is 29.3 Å². The van der Waals surface area contributed by atoms with Crippen LogP contribution in [0, 0.1) is 0 Å². The average molecular weight is 381 g/mol. The van der Waals surface area contributed by atoms with Crippen LogP contribution in [0.5, 0.6) is 5.75 Å². The molecule has 0 saturated carbocycles. The van der Waals surface area contributed by atoms with Gasteiger partial charge in [-0.15, -0.1) is 0 Å². The first-order valence-electron chi connectivity index (χ1n) is 8.82. The second kappa shape index (κ2) is 7.72. The lowest BCUT2D eigenvalue weighted by molar-refractivity contribution is 0.0738. The van der Waals surface area contributed by atoms with Crippen molar-refractivity contribution < 1.29 is 18.3 Å². The Balaban J connectivity index is 1.63. The van der Waals surface area contributed by atoms with Crippen LogP contribution in [0.15, 0.2) is 60.9 Å². The van der Waals surface area contributed by atoms with Gasteiger partial charge < -0.3 is 9.64 Å². The summed E-state index contributed by atoms with van der Waals surface area (Å²) in [6.07, 6.45) is 0.761. The highest BCUT2D eigenvalue weighted by Gasteiger charge is 2.25. The average Bonchev–Trinajstić information content (AvgIpc) is 2.88. The SMILES string of the molecule is O=C1c2cc(-c3ccc(C(F)F)cc3)ccc2OCCN1Cc1ncccn1. The van der Waals surface area contributed by atoms with Crippen LogP contribution in [0.3, 0.4) is 0 Å². The monoisotopic (exact) mass is 381 g/mol. The number of amides is 1. The second-order valence-corrected chi connectivity index (χ2v) is 6.37. The van der Waals surface area contributed by atoms with E-state index in [4.69, 9.17) is 4.74 Å². The second-order valence-electron chi connectivity index (χ2n) is 6.37. The van der Waals surface area contributed by atoms with Crippen LogP contribution in [0.4, 0.5) is 8.78 Å². The molecule has 0 radical (unpaired) electrons. The van der Waals surface area contributed by atoms with E-state index in [0.29, 0.717) is 30.3 Å². The molecule has 0 bridgehead atoms. The van der Waals surface area contributed by atoms with Crippen molar-refractivity contribution in [1.82, 2.24) is 14.9 Å². The molecule has 2 aromatic carbocycles. The Morgan fingerprint density at radius 3 is 2.46 bits per heavy atom. The van der Waals surface area contributed by atoms with Gasteiger partial charge in [0.15, 0.2) is 0 Å². The fourth-order valence-electron chi connectivity index (χ4n) is 3.09. The fourth-order valence-corrected chi connectivity index (χ4v) is 3.09. The van der Waals surface area contributed by atoms with Crippen molar-refractivity contribution in [3.63, 3.8) is 0 Å². The van der Waals surface area contributed by atoms with Gasteiger partial charge in [-0.25, -0.2) is 18.7 Å². The smallest absolute Gasteiger partial charge is 0.263 e. The summed E-state index contributed by atoms with van der Waals surface area (Å²) in [5.41, 5.74) is 1.91. The van der Waals surface area contributed by atoms with Crippen molar-refractivity contribution in [2.45, 2.75) is 13.0 Å². The van der Waals surface area contributed by atoms with E-state index in [1.54, 1.807) is 47.6 Å². The van der Waals surface area contributed by atoms with Gasteiger partial charge >= 0.3 is 0 Å². The van der Waals surface area contributed by atoms with E-state index < -0.39 is 6.43 Å². The summed E-state index contributed by atoms with van der Waals surface area (Å²) < 4.78 is 31.3. The van der Waals surface area contributed by atoms with Gasteiger partial charge in [-0.2, -0.15) is 0 Å². The van der Waals surface area contributed by atoms with Crippen molar-refractivity contribution in [1.29, 1.82) is 0 Å². The molecule has 1 aromatic heterocycles. The minimum atomic E-state index is -2.51. The normalized spacial score (nSPS) is 13.8. The lowest BCUT2D eigenvalue weighted by Gasteiger charge is -2.19. The number of hydrogen-bond acceptors (Lipinski definition) is 4. The molecule has 0 N–H and O–H groups in total. The number of carbonyl (C=O) groups is 1. The number of hydrogen-bond donors (Lipinski definition) is 0. The zero-order valence-electron chi connectivity index (χ0n) is 14.9. The molecule has 2 heterocycles. The Morgan fingerprint density at radius 1 is 1.04 bits per heavy atom. The molecular weight excluding hydrogens is 364 g/mol. The first-order chi connectivity index (χ1) is 13.6. The fraction of sp³-hybridized carbons (Fsp3) is 0.190. The number of benzene rings is 2. The predicted molar refractivity (Wildman–Crippen MR) is 99.1 cm³/mol. The highest BCUT2D eigenvalue weighted by molar-refractivity contribution is 5.98. The predicted octanol–water partition coefficient (Wildman–Crippen LogP) is 4.12. The largest absolute Gasteiger partial charge is 0.491 e. The van der Waals surface area contributed by atoms with Gasteiger partial charge in [0.25, 0.3) is 12.3 Å². The van der Waals surface area contributed by atoms with Crippen LogP contribution in [-0.2, 0) is 6.54 Å². The van der Waals surface area contributed by atoms with E-state index in [9.17, 15) is 13.6 Å². The van der Waals surface area contributed by atoms with Crippen molar-refractivity contribution in [3.05, 3.63) is 77.9 Å². The summed E-state index contributed by atoms with van der Waals surface area (Å²) in [7, 11) is 0. The highest BCUT2D eigenvalue weighted by Crippen LogP contribution is 2.30. The topological polar surface area (TPSA) is 55.3 Å². The minimum absolute atomic E-state index is 0.0352. The van der Waals surface area contributed by atoms with E-state index in [0.717, 1.165) is 11.1 Å². The first-order valence-corrected chi connectivity index (χ1v) is 8.82. The van der Waals surface area contributed by atoms with Crippen LogP contribution in [0.25, 0.3) is 11.1 Å². The van der Waals surface area contributed by atoms with Crippen LogP contribution >= 0.6 is 0 Å². The molecule has 142 valence electrons. The third-order valence-electron chi connectivity index (χ3n) is 4.56. The molecule has 0 saturated heterocycles. The maximum absolute atomic E-state index is 13.1. The molecule has 0 unspecified atom stereocenters. The van der Waals surface area contributed by atoms with Gasteiger partial charge in [0.2, 0.25) is 0 Å². The summed E-state index contributed by atoms with van der Waals surface area (Å²) in [6.45, 7) is 1.08. The summed E-state index contributed by atoms with van der Waals surface area (Å²) in [5, 5.41) is 0. The summed E-state index contributed by atoms with van der Waals surface area (Å²) in [5.74, 6) is 0.887. The molecule has 4 rings (SSSR count). The molecule has 0 fully saturated rings. The van der Waals surface area contributed by atoms with Crippen LogP contribution in [-0.4, -0.2) is 33.9 Å². The number of fused-ring (bicyclic) bond motifs is 1. The minimum Gasteiger partial charge on any atom is -0.491 e.